The summed E-state index contributed by atoms with van der Waals surface area (Å²) in [5.74, 6) is 1.35. The summed E-state index contributed by atoms with van der Waals surface area (Å²) in [7, 11) is 4.21. The number of nitrogens with zero attached hydrogens (tertiary/aromatic N) is 2. The van der Waals surface area contributed by atoms with E-state index in [4.69, 9.17) is 11.6 Å². The van der Waals surface area contributed by atoms with Crippen LogP contribution in [0.25, 0.3) is 0 Å². The third-order valence-corrected chi connectivity index (χ3v) is 4.19. The van der Waals surface area contributed by atoms with Crippen molar-refractivity contribution in [1.82, 2.24) is 9.80 Å². The van der Waals surface area contributed by atoms with Gasteiger partial charge in [-0.25, -0.2) is 0 Å². The lowest BCUT2D eigenvalue weighted by Gasteiger charge is -2.33. The molecule has 0 atom stereocenters. The molecule has 2 rings (SSSR count). The van der Waals surface area contributed by atoms with Crippen molar-refractivity contribution in [1.29, 1.82) is 0 Å². The normalized spacial score (nSPS) is 16.7. The Labute approximate surface area is 126 Å². The van der Waals surface area contributed by atoms with Crippen molar-refractivity contribution >= 4 is 17.5 Å². The van der Waals surface area contributed by atoms with Crippen LogP contribution in [0, 0.1) is 5.92 Å². The molecule has 1 aliphatic heterocycles. The lowest BCUT2D eigenvalue weighted by Crippen LogP contribution is -2.40. The molecule has 4 heteroatoms. The summed E-state index contributed by atoms with van der Waals surface area (Å²) in [4.78, 5) is 16.6. The fourth-order valence-electron chi connectivity index (χ4n) is 2.75. The molecule has 110 valence electrons. The Balaban J connectivity index is 1.90. The van der Waals surface area contributed by atoms with E-state index in [9.17, 15) is 4.79 Å². The number of carbonyl (C=O) groups excluding carboxylic acids is 1. The fraction of sp³-hybridized carbons (Fsp3) is 0.562. The van der Waals surface area contributed by atoms with Gasteiger partial charge in [0.2, 0.25) is 0 Å². The van der Waals surface area contributed by atoms with Crippen LogP contribution in [-0.2, 0) is 5.88 Å². The molecule has 1 aliphatic rings. The zero-order valence-corrected chi connectivity index (χ0v) is 13.1. The van der Waals surface area contributed by atoms with Crippen molar-refractivity contribution < 1.29 is 4.79 Å². The maximum atomic E-state index is 12.4. The molecule has 0 bridgehead atoms. The highest BCUT2D eigenvalue weighted by molar-refractivity contribution is 6.17. The minimum atomic E-state index is 0.148. The molecule has 20 heavy (non-hydrogen) atoms. The molecule has 1 aromatic carbocycles. The lowest BCUT2D eigenvalue weighted by atomic mass is 9.96. The summed E-state index contributed by atoms with van der Waals surface area (Å²) in [5.41, 5.74) is 1.82. The predicted molar refractivity (Wildman–Crippen MR) is 83.2 cm³/mol. The average Bonchev–Trinajstić information content (AvgIpc) is 2.47. The number of hydrogen-bond donors (Lipinski definition) is 0. The second-order valence-electron chi connectivity index (χ2n) is 5.83. The van der Waals surface area contributed by atoms with Gasteiger partial charge in [0.1, 0.15) is 0 Å². The molecule has 0 unspecified atom stereocenters. The highest BCUT2D eigenvalue weighted by Crippen LogP contribution is 2.20. The first-order valence-electron chi connectivity index (χ1n) is 7.19. The number of amides is 1. The van der Waals surface area contributed by atoms with Crippen LogP contribution >= 0.6 is 11.6 Å². The van der Waals surface area contributed by atoms with Gasteiger partial charge in [-0.1, -0.05) is 12.1 Å². The minimum Gasteiger partial charge on any atom is -0.339 e. The van der Waals surface area contributed by atoms with Crippen LogP contribution in [0.15, 0.2) is 24.3 Å². The van der Waals surface area contributed by atoms with Gasteiger partial charge in [-0.3, -0.25) is 4.79 Å². The number of benzene rings is 1. The van der Waals surface area contributed by atoms with Gasteiger partial charge < -0.3 is 9.80 Å². The van der Waals surface area contributed by atoms with Crippen LogP contribution in [0.1, 0.15) is 28.8 Å². The quantitative estimate of drug-likeness (QED) is 0.797. The van der Waals surface area contributed by atoms with E-state index in [1.54, 1.807) is 0 Å². The number of carbonyl (C=O) groups is 1. The van der Waals surface area contributed by atoms with Crippen molar-refractivity contribution in [3.05, 3.63) is 35.4 Å². The van der Waals surface area contributed by atoms with Gasteiger partial charge in [0.05, 0.1) is 0 Å². The SMILES string of the molecule is CN(C)CC1CCN(C(=O)c2ccc(CCl)cc2)CC1. The average molecular weight is 295 g/mol. The first-order chi connectivity index (χ1) is 9.60. The molecular weight excluding hydrogens is 272 g/mol. The molecule has 0 saturated carbocycles. The molecule has 3 nitrogen and oxygen atoms in total. The Morgan fingerprint density at radius 1 is 1.25 bits per heavy atom. The molecule has 1 fully saturated rings. The zero-order chi connectivity index (χ0) is 14.5. The third kappa shape index (κ3) is 3.97. The lowest BCUT2D eigenvalue weighted by molar-refractivity contribution is 0.0678. The Morgan fingerprint density at radius 2 is 1.85 bits per heavy atom. The van der Waals surface area contributed by atoms with E-state index in [0.717, 1.165) is 43.6 Å². The van der Waals surface area contributed by atoms with E-state index in [2.05, 4.69) is 19.0 Å². The summed E-state index contributed by atoms with van der Waals surface area (Å²) < 4.78 is 0. The summed E-state index contributed by atoms with van der Waals surface area (Å²) in [6.45, 7) is 2.86. The first-order valence-corrected chi connectivity index (χ1v) is 7.72. The van der Waals surface area contributed by atoms with E-state index in [1.165, 1.54) is 0 Å². The Morgan fingerprint density at radius 3 is 2.35 bits per heavy atom. The summed E-state index contributed by atoms with van der Waals surface area (Å²) >= 11 is 5.77. The molecule has 0 aromatic heterocycles. The third-order valence-electron chi connectivity index (χ3n) is 3.88. The molecule has 0 radical (unpaired) electrons. The molecule has 0 N–H and O–H groups in total. The number of piperidine rings is 1. The van der Waals surface area contributed by atoms with E-state index in [1.807, 2.05) is 29.2 Å². The van der Waals surface area contributed by atoms with Crippen LogP contribution in [0.5, 0.6) is 0 Å². The highest BCUT2D eigenvalue weighted by atomic mass is 35.5. The summed E-state index contributed by atoms with van der Waals surface area (Å²) in [6.07, 6.45) is 2.20. The van der Waals surface area contributed by atoms with Crippen LogP contribution in [0.3, 0.4) is 0 Å². The molecule has 1 heterocycles. The van der Waals surface area contributed by atoms with Gasteiger partial charge in [-0.2, -0.15) is 0 Å². The monoisotopic (exact) mass is 294 g/mol. The van der Waals surface area contributed by atoms with Gasteiger partial charge in [-0.15, -0.1) is 11.6 Å². The summed E-state index contributed by atoms with van der Waals surface area (Å²) in [5, 5.41) is 0. The van der Waals surface area contributed by atoms with Gasteiger partial charge in [0.25, 0.3) is 5.91 Å². The fourth-order valence-corrected chi connectivity index (χ4v) is 2.93. The van der Waals surface area contributed by atoms with E-state index < -0.39 is 0 Å². The Kier molecular flexibility index (Phi) is 5.44. The van der Waals surface area contributed by atoms with Crippen molar-refractivity contribution in [2.75, 3.05) is 33.7 Å². The maximum Gasteiger partial charge on any atom is 0.253 e. The Bertz CT molecular complexity index is 436. The number of halogens is 1. The second kappa shape index (κ2) is 7.09. The van der Waals surface area contributed by atoms with E-state index in [0.29, 0.717) is 11.8 Å². The molecule has 1 amide bonds. The standard InChI is InChI=1S/C16H23ClN2O/c1-18(2)12-14-7-9-19(10-8-14)16(20)15-5-3-13(11-17)4-6-15/h3-6,14H,7-12H2,1-2H3. The summed E-state index contributed by atoms with van der Waals surface area (Å²) in [6, 6.07) is 7.62. The molecular formula is C16H23ClN2O. The first kappa shape index (κ1) is 15.3. The van der Waals surface area contributed by atoms with Crippen molar-refractivity contribution in [2.45, 2.75) is 18.7 Å². The molecule has 0 spiro atoms. The molecule has 1 saturated heterocycles. The van der Waals surface area contributed by atoms with Gasteiger partial charge in [0.15, 0.2) is 0 Å². The van der Waals surface area contributed by atoms with Crippen molar-refractivity contribution in [3.63, 3.8) is 0 Å². The Hall–Kier alpha value is -1.06. The number of alkyl halides is 1. The largest absolute Gasteiger partial charge is 0.339 e. The van der Waals surface area contributed by atoms with Crippen LogP contribution in [0.2, 0.25) is 0 Å². The highest BCUT2D eigenvalue weighted by Gasteiger charge is 2.23. The maximum absolute atomic E-state index is 12.4. The van der Waals surface area contributed by atoms with Gasteiger partial charge >= 0.3 is 0 Å². The van der Waals surface area contributed by atoms with Gasteiger partial charge in [-0.05, 0) is 50.6 Å². The zero-order valence-electron chi connectivity index (χ0n) is 12.3. The van der Waals surface area contributed by atoms with Crippen LogP contribution in [-0.4, -0.2) is 49.4 Å². The van der Waals surface area contributed by atoms with Gasteiger partial charge in [0, 0.05) is 31.1 Å². The number of rotatable bonds is 4. The van der Waals surface area contributed by atoms with E-state index in [-0.39, 0.29) is 5.91 Å². The van der Waals surface area contributed by atoms with Crippen molar-refractivity contribution in [3.8, 4) is 0 Å². The smallest absolute Gasteiger partial charge is 0.253 e. The van der Waals surface area contributed by atoms with E-state index >= 15 is 0 Å². The second-order valence-corrected chi connectivity index (χ2v) is 6.10. The minimum absolute atomic E-state index is 0.148. The molecule has 0 aliphatic carbocycles. The number of likely N-dealkylation sites (tertiary alicyclic amines) is 1. The topological polar surface area (TPSA) is 23.6 Å². The predicted octanol–water partition coefficient (Wildman–Crippen LogP) is 2.84. The number of hydrogen-bond acceptors (Lipinski definition) is 2. The molecule has 1 aromatic rings. The van der Waals surface area contributed by atoms with Crippen molar-refractivity contribution in [2.24, 2.45) is 5.92 Å². The van der Waals surface area contributed by atoms with Crippen LogP contribution in [0.4, 0.5) is 0 Å². The van der Waals surface area contributed by atoms with Crippen LogP contribution < -0.4 is 0 Å².